The Morgan fingerprint density at radius 3 is 2.38 bits per heavy atom. The molecule has 10 nitrogen and oxygen atoms in total. The number of likely N-dealkylation sites (tertiary alicyclic amines) is 1. The Bertz CT molecular complexity index is 1170. The fraction of sp³-hybridized carbons (Fsp3) is 0.333. The zero-order chi connectivity index (χ0) is 28.8. The Hall–Kier alpha value is -3.41. The van der Waals surface area contributed by atoms with Crippen LogP contribution in [0.4, 0.5) is 5.69 Å². The van der Waals surface area contributed by atoms with Crippen LogP contribution in [-0.2, 0) is 23.9 Å². The second-order valence-corrected chi connectivity index (χ2v) is 9.58. The number of aliphatic carboxylic acids is 2. The van der Waals surface area contributed by atoms with Gasteiger partial charge in [0.25, 0.3) is 0 Å². The van der Waals surface area contributed by atoms with Crippen molar-refractivity contribution >= 4 is 63.1 Å². The van der Waals surface area contributed by atoms with Crippen LogP contribution in [0.15, 0.2) is 53.0 Å². The smallest absolute Gasteiger partial charge is 0.414 e. The van der Waals surface area contributed by atoms with E-state index in [0.29, 0.717) is 29.7 Å². The number of hydrogen-bond acceptors (Lipinski definition) is 7. The lowest BCUT2D eigenvalue weighted by Gasteiger charge is -2.30. The third-order valence-corrected chi connectivity index (χ3v) is 6.57. The number of esters is 1. The standard InChI is InChI=1S/C25H28BrClN2O4.C2H2O4/c1-2-32-25(31)19-11-13-29(14-12-19)15-16-33-23-17-20(8-9-21(23)26)28-24(30)10-7-18-5-3-4-6-22(18)27;3-1(4)2(5)6/h3-10,17,19H,2,11-16H2,1H3,(H,28,30);(H,3,4)(H,5,6)/b10-7+;. The number of anilines is 1. The molecule has 1 saturated heterocycles. The molecule has 2 aromatic rings. The molecule has 39 heavy (non-hydrogen) atoms. The lowest BCUT2D eigenvalue weighted by Crippen LogP contribution is -2.39. The molecule has 1 fully saturated rings. The van der Waals surface area contributed by atoms with Gasteiger partial charge in [0.2, 0.25) is 5.91 Å². The Morgan fingerprint density at radius 2 is 1.77 bits per heavy atom. The number of nitrogens with zero attached hydrogens (tertiary/aromatic N) is 1. The molecule has 1 aliphatic rings. The predicted molar refractivity (Wildman–Crippen MR) is 150 cm³/mol. The third-order valence-electron chi connectivity index (χ3n) is 5.57. The van der Waals surface area contributed by atoms with Gasteiger partial charge in [-0.1, -0.05) is 29.8 Å². The molecule has 3 rings (SSSR count). The van der Waals surface area contributed by atoms with E-state index in [2.05, 4.69) is 26.1 Å². The van der Waals surface area contributed by atoms with E-state index in [9.17, 15) is 9.59 Å². The molecule has 0 unspecified atom stereocenters. The van der Waals surface area contributed by atoms with Gasteiger partial charge in [0.15, 0.2) is 0 Å². The summed E-state index contributed by atoms with van der Waals surface area (Å²) in [6.45, 7) is 5.23. The highest BCUT2D eigenvalue weighted by Crippen LogP contribution is 2.28. The second-order valence-electron chi connectivity index (χ2n) is 8.32. The number of carboxylic acid groups (broad SMARTS) is 2. The lowest BCUT2D eigenvalue weighted by molar-refractivity contribution is -0.159. The van der Waals surface area contributed by atoms with Crippen LogP contribution in [0.1, 0.15) is 25.3 Å². The predicted octanol–water partition coefficient (Wildman–Crippen LogP) is 4.56. The minimum Gasteiger partial charge on any atom is -0.491 e. The molecule has 0 saturated carbocycles. The van der Waals surface area contributed by atoms with Gasteiger partial charge in [-0.05, 0) is 78.6 Å². The first kappa shape index (κ1) is 31.8. The van der Waals surface area contributed by atoms with Gasteiger partial charge in [0.05, 0.1) is 17.0 Å². The normalized spacial score (nSPS) is 13.7. The monoisotopic (exact) mass is 624 g/mol. The molecular formula is C27H30BrClN2O8. The Labute approximate surface area is 239 Å². The maximum absolute atomic E-state index is 12.3. The highest BCUT2D eigenvalue weighted by molar-refractivity contribution is 9.10. The number of carboxylic acids is 2. The quantitative estimate of drug-likeness (QED) is 0.208. The Morgan fingerprint density at radius 1 is 1.10 bits per heavy atom. The van der Waals surface area contributed by atoms with Gasteiger partial charge < -0.3 is 25.0 Å². The summed E-state index contributed by atoms with van der Waals surface area (Å²) in [7, 11) is 0. The number of benzene rings is 2. The van der Waals surface area contributed by atoms with Gasteiger partial charge in [-0.25, -0.2) is 9.59 Å². The molecule has 3 N–H and O–H groups in total. The van der Waals surface area contributed by atoms with Gasteiger partial charge in [-0.15, -0.1) is 0 Å². The molecule has 12 heteroatoms. The summed E-state index contributed by atoms with van der Waals surface area (Å²) in [5.74, 6) is -3.33. The van der Waals surface area contributed by atoms with Crippen LogP contribution in [0.2, 0.25) is 5.02 Å². The topological polar surface area (TPSA) is 142 Å². The molecule has 2 aromatic carbocycles. The van der Waals surface area contributed by atoms with E-state index in [0.717, 1.165) is 42.5 Å². The number of rotatable bonds is 9. The summed E-state index contributed by atoms with van der Waals surface area (Å²) in [5.41, 5.74) is 1.41. The maximum atomic E-state index is 12.3. The van der Waals surface area contributed by atoms with Crippen LogP contribution >= 0.6 is 27.5 Å². The van der Waals surface area contributed by atoms with Crippen LogP contribution in [0, 0.1) is 5.92 Å². The van der Waals surface area contributed by atoms with E-state index >= 15 is 0 Å². The number of nitrogens with one attached hydrogen (secondary N) is 1. The van der Waals surface area contributed by atoms with Crippen molar-refractivity contribution in [1.82, 2.24) is 4.90 Å². The van der Waals surface area contributed by atoms with Crippen molar-refractivity contribution in [3.05, 3.63) is 63.6 Å². The van der Waals surface area contributed by atoms with Crippen molar-refractivity contribution in [3.8, 4) is 5.75 Å². The van der Waals surface area contributed by atoms with E-state index in [-0.39, 0.29) is 17.8 Å². The summed E-state index contributed by atoms with van der Waals surface area (Å²) < 4.78 is 11.9. The Balaban J connectivity index is 0.000000798. The minimum atomic E-state index is -1.82. The zero-order valence-corrected chi connectivity index (χ0v) is 23.6. The van der Waals surface area contributed by atoms with Crippen LogP contribution in [0.25, 0.3) is 6.08 Å². The van der Waals surface area contributed by atoms with Gasteiger partial charge in [0.1, 0.15) is 12.4 Å². The number of ether oxygens (including phenoxy) is 2. The van der Waals surface area contributed by atoms with Crippen molar-refractivity contribution < 1.29 is 38.9 Å². The number of carbonyl (C=O) groups is 4. The fourth-order valence-corrected chi connectivity index (χ4v) is 4.15. The van der Waals surface area contributed by atoms with Gasteiger partial charge >= 0.3 is 17.9 Å². The van der Waals surface area contributed by atoms with Crippen molar-refractivity contribution in [2.24, 2.45) is 5.92 Å². The van der Waals surface area contributed by atoms with Gasteiger partial charge in [-0.3, -0.25) is 14.5 Å². The summed E-state index contributed by atoms with van der Waals surface area (Å²) in [6, 6.07) is 12.8. The van der Waals surface area contributed by atoms with E-state index in [1.807, 2.05) is 31.2 Å². The average molecular weight is 626 g/mol. The molecule has 0 atom stereocenters. The first-order chi connectivity index (χ1) is 18.6. The minimum absolute atomic E-state index is 0.00326. The number of carbonyl (C=O) groups excluding carboxylic acids is 2. The summed E-state index contributed by atoms with van der Waals surface area (Å²) in [6.07, 6.45) is 4.75. The number of amides is 1. The SMILES string of the molecule is CCOC(=O)C1CCN(CCOc2cc(NC(=O)/C=C/c3ccccc3Cl)ccc2Br)CC1.O=C(O)C(=O)O. The summed E-state index contributed by atoms with van der Waals surface area (Å²) in [4.78, 5) is 44.6. The highest BCUT2D eigenvalue weighted by atomic mass is 79.9. The highest BCUT2D eigenvalue weighted by Gasteiger charge is 2.25. The molecule has 0 bridgehead atoms. The fourth-order valence-electron chi connectivity index (χ4n) is 3.59. The third kappa shape index (κ3) is 11.5. The average Bonchev–Trinajstić information content (AvgIpc) is 2.91. The molecular weight excluding hydrogens is 596 g/mol. The number of hydrogen-bond donors (Lipinski definition) is 3. The van der Waals surface area contributed by atoms with Gasteiger partial charge in [-0.2, -0.15) is 0 Å². The molecule has 1 amide bonds. The molecule has 0 aromatic heterocycles. The van der Waals surface area contributed by atoms with E-state index in [4.69, 9.17) is 40.9 Å². The maximum Gasteiger partial charge on any atom is 0.414 e. The lowest BCUT2D eigenvalue weighted by atomic mass is 9.97. The molecule has 0 spiro atoms. The van der Waals surface area contributed by atoms with Crippen LogP contribution in [0.3, 0.4) is 0 Å². The molecule has 1 aliphatic heterocycles. The van der Waals surface area contributed by atoms with Crippen molar-refractivity contribution in [1.29, 1.82) is 0 Å². The summed E-state index contributed by atoms with van der Waals surface area (Å²) >= 11 is 9.61. The molecule has 1 heterocycles. The molecule has 0 aliphatic carbocycles. The number of halogens is 2. The number of piperidine rings is 1. The molecule has 210 valence electrons. The first-order valence-corrected chi connectivity index (χ1v) is 13.3. The van der Waals surface area contributed by atoms with Crippen molar-refractivity contribution in [2.45, 2.75) is 19.8 Å². The van der Waals surface area contributed by atoms with Gasteiger partial charge in [0, 0.05) is 29.4 Å². The summed E-state index contributed by atoms with van der Waals surface area (Å²) in [5, 5.41) is 18.2. The molecule has 0 radical (unpaired) electrons. The zero-order valence-electron chi connectivity index (χ0n) is 21.3. The van der Waals surface area contributed by atoms with Crippen molar-refractivity contribution in [3.63, 3.8) is 0 Å². The van der Waals surface area contributed by atoms with Crippen LogP contribution in [0.5, 0.6) is 5.75 Å². The van der Waals surface area contributed by atoms with E-state index < -0.39 is 11.9 Å². The second kappa shape index (κ2) is 16.5. The largest absolute Gasteiger partial charge is 0.491 e. The van der Waals surface area contributed by atoms with E-state index in [1.54, 1.807) is 24.3 Å². The first-order valence-electron chi connectivity index (χ1n) is 12.1. The van der Waals surface area contributed by atoms with Crippen molar-refractivity contribution in [2.75, 3.05) is 38.2 Å². The Kier molecular flexibility index (Phi) is 13.5. The van der Waals surface area contributed by atoms with E-state index in [1.165, 1.54) is 6.08 Å². The van der Waals surface area contributed by atoms with Crippen LogP contribution < -0.4 is 10.1 Å². The van der Waals surface area contributed by atoms with Crippen LogP contribution in [-0.4, -0.2) is 71.8 Å².